The molecule has 0 radical (unpaired) electrons. The van der Waals surface area contributed by atoms with Gasteiger partial charge < -0.3 is 0 Å². The molecule has 4 heteroatoms. The van der Waals surface area contributed by atoms with Crippen molar-refractivity contribution in [2.45, 2.75) is 30.2 Å². The van der Waals surface area contributed by atoms with Gasteiger partial charge in [0, 0.05) is 11.0 Å². The van der Waals surface area contributed by atoms with Gasteiger partial charge in [0.05, 0.1) is 0 Å². The van der Waals surface area contributed by atoms with Crippen LogP contribution in [-0.2, 0) is 5.41 Å². The minimum atomic E-state index is -0.757. The molecule has 0 aromatic heterocycles. The topological polar surface area (TPSA) is 38.0 Å². The van der Waals surface area contributed by atoms with Crippen molar-refractivity contribution in [2.24, 2.45) is 5.84 Å². The van der Waals surface area contributed by atoms with Gasteiger partial charge in [0.1, 0.15) is 0 Å². The lowest BCUT2D eigenvalue weighted by Crippen LogP contribution is -2.77. The van der Waals surface area contributed by atoms with E-state index in [1.807, 2.05) is 0 Å². The smallest absolute Gasteiger partial charge is 0.162 e. The highest BCUT2D eigenvalue weighted by Crippen LogP contribution is 2.67. The van der Waals surface area contributed by atoms with Gasteiger partial charge in [-0.15, -0.1) is 0 Å². The van der Waals surface area contributed by atoms with Crippen LogP contribution >= 0.6 is 0 Å². The van der Waals surface area contributed by atoms with Crippen LogP contribution in [0.3, 0.4) is 0 Å². The van der Waals surface area contributed by atoms with E-state index in [0.29, 0.717) is 5.56 Å². The predicted octanol–water partition coefficient (Wildman–Crippen LogP) is 1.60. The van der Waals surface area contributed by atoms with Crippen molar-refractivity contribution in [1.82, 2.24) is 5.43 Å². The van der Waals surface area contributed by atoms with Crippen molar-refractivity contribution in [3.8, 4) is 0 Å². The minimum absolute atomic E-state index is 0.00123. The second kappa shape index (κ2) is 2.57. The van der Waals surface area contributed by atoms with Gasteiger partial charge in [0.2, 0.25) is 0 Å². The minimum Gasteiger partial charge on any atom is -0.271 e. The molecule has 3 aliphatic rings. The molecular weight excluding hydrogens is 198 g/mol. The molecule has 3 aliphatic carbocycles. The van der Waals surface area contributed by atoms with Crippen LogP contribution in [0.1, 0.15) is 24.8 Å². The van der Waals surface area contributed by atoms with E-state index in [9.17, 15) is 8.78 Å². The summed E-state index contributed by atoms with van der Waals surface area (Å²) in [5.74, 6) is 3.94. The molecule has 4 rings (SSSR count). The Balaban J connectivity index is 1.94. The average Bonchev–Trinajstić information content (AvgIpc) is 2.08. The molecule has 0 unspecified atom stereocenters. The summed E-state index contributed by atoms with van der Waals surface area (Å²) >= 11 is 0. The maximum Gasteiger partial charge on any atom is 0.162 e. The van der Waals surface area contributed by atoms with Crippen molar-refractivity contribution >= 4 is 0 Å². The van der Waals surface area contributed by atoms with E-state index in [-0.39, 0.29) is 11.0 Å². The maximum atomic E-state index is 13.5. The van der Waals surface area contributed by atoms with Crippen LogP contribution < -0.4 is 11.3 Å². The second-order valence-corrected chi connectivity index (χ2v) is 4.84. The van der Waals surface area contributed by atoms with Gasteiger partial charge in [-0.1, -0.05) is 12.1 Å². The fourth-order valence-electron chi connectivity index (χ4n) is 3.14. The first kappa shape index (κ1) is 9.24. The molecule has 0 amide bonds. The third-order valence-corrected chi connectivity index (χ3v) is 3.86. The molecule has 2 nitrogen and oxygen atoms in total. The van der Waals surface area contributed by atoms with Gasteiger partial charge in [-0.25, -0.2) is 8.78 Å². The Morgan fingerprint density at radius 2 is 1.87 bits per heavy atom. The Hall–Kier alpha value is -1.00. The third kappa shape index (κ3) is 0.983. The van der Waals surface area contributed by atoms with Crippen LogP contribution in [0.15, 0.2) is 18.2 Å². The Kier molecular flexibility index (Phi) is 1.58. The SMILES string of the molecule is NNC12CC(c3cccc(F)c3F)(C1)C2. The maximum absolute atomic E-state index is 13.5. The molecule has 80 valence electrons. The number of hydrogen-bond acceptors (Lipinski definition) is 2. The van der Waals surface area contributed by atoms with E-state index < -0.39 is 11.6 Å². The van der Waals surface area contributed by atoms with Crippen LogP contribution in [0.2, 0.25) is 0 Å². The standard InChI is InChI=1S/C11H12F2N2/c12-8-3-1-2-7(9(8)13)10-4-11(5-10,6-10)15-14/h1-3,15H,4-6,14H2. The van der Waals surface area contributed by atoms with E-state index in [4.69, 9.17) is 5.84 Å². The Bertz CT molecular complexity index is 411. The molecule has 0 spiro atoms. The van der Waals surface area contributed by atoms with Gasteiger partial charge in [0.15, 0.2) is 11.6 Å². The molecule has 0 saturated heterocycles. The molecular formula is C11H12F2N2. The highest BCUT2D eigenvalue weighted by atomic mass is 19.2. The zero-order valence-electron chi connectivity index (χ0n) is 8.19. The summed E-state index contributed by atoms with van der Waals surface area (Å²) in [6.45, 7) is 0. The second-order valence-electron chi connectivity index (χ2n) is 4.84. The first-order chi connectivity index (χ1) is 7.11. The number of benzene rings is 1. The zero-order valence-corrected chi connectivity index (χ0v) is 8.19. The summed E-state index contributed by atoms with van der Waals surface area (Å²) in [6.07, 6.45) is 2.45. The zero-order chi connectivity index (χ0) is 10.7. The molecule has 3 saturated carbocycles. The van der Waals surface area contributed by atoms with Crippen LogP contribution in [0, 0.1) is 11.6 Å². The van der Waals surface area contributed by atoms with E-state index in [2.05, 4.69) is 5.43 Å². The van der Waals surface area contributed by atoms with E-state index >= 15 is 0 Å². The summed E-state index contributed by atoms with van der Waals surface area (Å²) in [5.41, 5.74) is 3.11. The highest BCUT2D eigenvalue weighted by Gasteiger charge is 2.68. The lowest BCUT2D eigenvalue weighted by molar-refractivity contribution is -0.0904. The molecule has 2 bridgehead atoms. The van der Waals surface area contributed by atoms with Crippen molar-refractivity contribution in [3.63, 3.8) is 0 Å². The molecule has 15 heavy (non-hydrogen) atoms. The number of hydrogen-bond donors (Lipinski definition) is 2. The number of rotatable bonds is 2. The van der Waals surface area contributed by atoms with Crippen molar-refractivity contribution in [2.75, 3.05) is 0 Å². The average molecular weight is 210 g/mol. The summed E-state index contributed by atoms with van der Waals surface area (Å²) in [5, 5.41) is 0. The number of hydrazine groups is 1. The largest absolute Gasteiger partial charge is 0.271 e. The number of nitrogens with one attached hydrogen (secondary N) is 1. The number of nitrogens with two attached hydrogens (primary N) is 1. The molecule has 3 N–H and O–H groups in total. The molecule has 0 heterocycles. The van der Waals surface area contributed by atoms with Crippen LogP contribution in [0.5, 0.6) is 0 Å². The van der Waals surface area contributed by atoms with Gasteiger partial charge in [0.25, 0.3) is 0 Å². The molecule has 0 aliphatic heterocycles. The van der Waals surface area contributed by atoms with E-state index in [0.717, 1.165) is 25.3 Å². The van der Waals surface area contributed by atoms with Crippen LogP contribution in [0.25, 0.3) is 0 Å². The highest BCUT2D eigenvalue weighted by molar-refractivity contribution is 5.42. The fraction of sp³-hybridized carbons (Fsp3) is 0.455. The Labute approximate surface area is 86.4 Å². The molecule has 3 fully saturated rings. The Morgan fingerprint density at radius 1 is 1.20 bits per heavy atom. The van der Waals surface area contributed by atoms with Crippen molar-refractivity contribution in [1.29, 1.82) is 0 Å². The van der Waals surface area contributed by atoms with Gasteiger partial charge in [-0.3, -0.25) is 11.3 Å². The summed E-state index contributed by atoms with van der Waals surface area (Å²) in [4.78, 5) is 0. The number of halogens is 2. The Morgan fingerprint density at radius 3 is 2.47 bits per heavy atom. The van der Waals surface area contributed by atoms with Gasteiger partial charge in [-0.05, 0) is 30.9 Å². The van der Waals surface area contributed by atoms with E-state index in [1.165, 1.54) is 0 Å². The quantitative estimate of drug-likeness (QED) is 0.574. The van der Waals surface area contributed by atoms with Crippen molar-refractivity contribution in [3.05, 3.63) is 35.4 Å². The molecule has 1 aromatic rings. The first-order valence-corrected chi connectivity index (χ1v) is 5.03. The summed E-state index contributed by atoms with van der Waals surface area (Å²) < 4.78 is 26.6. The normalized spacial score (nSPS) is 37.0. The molecule has 1 aromatic carbocycles. The van der Waals surface area contributed by atoms with Crippen LogP contribution in [0.4, 0.5) is 8.78 Å². The van der Waals surface area contributed by atoms with Gasteiger partial charge >= 0.3 is 0 Å². The third-order valence-electron chi connectivity index (χ3n) is 3.86. The summed E-state index contributed by atoms with van der Waals surface area (Å²) in [6, 6.07) is 4.40. The monoisotopic (exact) mass is 210 g/mol. The van der Waals surface area contributed by atoms with E-state index in [1.54, 1.807) is 12.1 Å². The van der Waals surface area contributed by atoms with Crippen molar-refractivity contribution < 1.29 is 8.78 Å². The lowest BCUT2D eigenvalue weighted by atomic mass is 9.37. The predicted molar refractivity (Wildman–Crippen MR) is 51.9 cm³/mol. The summed E-state index contributed by atoms with van der Waals surface area (Å²) in [7, 11) is 0. The van der Waals surface area contributed by atoms with Gasteiger partial charge in [-0.2, -0.15) is 0 Å². The fourth-order valence-corrected chi connectivity index (χ4v) is 3.14. The molecule has 0 atom stereocenters. The van der Waals surface area contributed by atoms with Crippen LogP contribution in [-0.4, -0.2) is 5.54 Å². The lowest BCUT2D eigenvalue weighted by Gasteiger charge is -2.70. The first-order valence-electron chi connectivity index (χ1n) is 5.03.